The molecule has 17 heavy (non-hydrogen) atoms. The summed E-state index contributed by atoms with van der Waals surface area (Å²) < 4.78 is 0. The normalized spacial score (nSPS) is 12.6. The summed E-state index contributed by atoms with van der Waals surface area (Å²) in [6, 6.07) is 3.87. The lowest BCUT2D eigenvalue weighted by molar-refractivity contribution is 0.534. The summed E-state index contributed by atoms with van der Waals surface area (Å²) in [5, 5.41) is 11.8. The quantitative estimate of drug-likeness (QED) is 0.554. The third kappa shape index (κ3) is 2.83. The fourth-order valence-corrected chi connectivity index (χ4v) is 1.55. The number of aryl methyl sites for hydroxylation is 2. The zero-order valence-corrected chi connectivity index (χ0v) is 9.83. The van der Waals surface area contributed by atoms with Crippen LogP contribution in [0.2, 0.25) is 0 Å². The molecule has 2 heterocycles. The summed E-state index contributed by atoms with van der Waals surface area (Å²) in [6.07, 6.45) is 2.38. The second-order valence-corrected chi connectivity index (χ2v) is 3.85. The number of nitrogens with one attached hydrogen (secondary N) is 1. The molecule has 1 unspecified atom stereocenters. The van der Waals surface area contributed by atoms with Gasteiger partial charge in [0.2, 0.25) is 0 Å². The van der Waals surface area contributed by atoms with Crippen LogP contribution >= 0.6 is 0 Å². The van der Waals surface area contributed by atoms with Crippen molar-refractivity contribution in [3.63, 3.8) is 0 Å². The highest BCUT2D eigenvalue weighted by Crippen LogP contribution is 2.14. The van der Waals surface area contributed by atoms with Gasteiger partial charge in [-0.25, -0.2) is 0 Å². The van der Waals surface area contributed by atoms with E-state index in [-0.39, 0.29) is 6.04 Å². The molecule has 0 aliphatic carbocycles. The first-order chi connectivity index (χ1) is 8.19. The molecule has 3 N–H and O–H groups in total. The molecule has 0 aromatic carbocycles. The van der Waals surface area contributed by atoms with E-state index in [9.17, 15) is 0 Å². The first-order valence-corrected chi connectivity index (χ1v) is 5.30. The van der Waals surface area contributed by atoms with Gasteiger partial charge in [-0.3, -0.25) is 16.3 Å². The molecule has 2 aromatic heterocycles. The van der Waals surface area contributed by atoms with Crippen LogP contribution in [0, 0.1) is 6.92 Å². The number of nitrogens with two attached hydrogens (primary N) is 1. The predicted octanol–water partition coefficient (Wildman–Crippen LogP) is -0.339. The summed E-state index contributed by atoms with van der Waals surface area (Å²) in [6.45, 7) is 1.94. The van der Waals surface area contributed by atoms with Crippen LogP contribution in [0.1, 0.15) is 23.1 Å². The number of rotatable bonds is 4. The fraction of sp³-hybridized carbons (Fsp3) is 0.400. The lowest BCUT2D eigenvalue weighted by Crippen LogP contribution is -2.30. The van der Waals surface area contributed by atoms with Crippen molar-refractivity contribution in [1.82, 2.24) is 30.6 Å². The zero-order chi connectivity index (χ0) is 12.3. The van der Waals surface area contributed by atoms with Gasteiger partial charge in [0.1, 0.15) is 0 Å². The van der Waals surface area contributed by atoms with Crippen LogP contribution < -0.4 is 11.3 Å². The van der Waals surface area contributed by atoms with Gasteiger partial charge in [0.05, 0.1) is 13.1 Å². The van der Waals surface area contributed by atoms with Crippen molar-refractivity contribution in [3.05, 3.63) is 35.4 Å². The molecule has 0 aliphatic rings. The second-order valence-electron chi connectivity index (χ2n) is 3.85. The molecule has 0 saturated carbocycles. The van der Waals surface area contributed by atoms with Crippen molar-refractivity contribution in [2.24, 2.45) is 12.9 Å². The standard InChI is InChI=1S/C10H15N7/c1-7-3-4-8(6-12-7)9(13-11)5-10-14-16-17(2)15-10/h3-4,6,9,13H,5,11H2,1-2H3. The van der Waals surface area contributed by atoms with E-state index in [1.54, 1.807) is 13.2 Å². The maximum absolute atomic E-state index is 5.54. The summed E-state index contributed by atoms with van der Waals surface area (Å²) in [5.74, 6) is 6.19. The predicted molar refractivity (Wildman–Crippen MR) is 61.5 cm³/mol. The van der Waals surface area contributed by atoms with Gasteiger partial charge in [0.15, 0.2) is 5.82 Å². The Morgan fingerprint density at radius 2 is 2.29 bits per heavy atom. The molecule has 0 fully saturated rings. The number of hydrazine groups is 1. The van der Waals surface area contributed by atoms with E-state index in [2.05, 4.69) is 25.8 Å². The summed E-state index contributed by atoms with van der Waals surface area (Å²) in [4.78, 5) is 5.66. The van der Waals surface area contributed by atoms with Crippen molar-refractivity contribution in [3.8, 4) is 0 Å². The van der Waals surface area contributed by atoms with E-state index in [0.717, 1.165) is 11.3 Å². The molecule has 1 atom stereocenters. The van der Waals surface area contributed by atoms with Crippen LogP contribution in [0.25, 0.3) is 0 Å². The Morgan fingerprint density at radius 3 is 2.82 bits per heavy atom. The number of tetrazole rings is 1. The molecular weight excluding hydrogens is 218 g/mol. The SMILES string of the molecule is Cc1ccc(C(Cc2nnn(C)n2)NN)cn1. The molecular formula is C10H15N7. The molecule has 0 amide bonds. The van der Waals surface area contributed by atoms with Crippen molar-refractivity contribution >= 4 is 0 Å². The maximum atomic E-state index is 5.54. The van der Waals surface area contributed by atoms with Crippen molar-refractivity contribution in [2.45, 2.75) is 19.4 Å². The average Bonchev–Trinajstić information content (AvgIpc) is 2.73. The van der Waals surface area contributed by atoms with Crippen LogP contribution in [0.5, 0.6) is 0 Å². The minimum absolute atomic E-state index is 0.0627. The van der Waals surface area contributed by atoms with Crippen LogP contribution in [0.3, 0.4) is 0 Å². The second kappa shape index (κ2) is 4.98. The molecule has 0 saturated heterocycles. The van der Waals surface area contributed by atoms with Gasteiger partial charge < -0.3 is 0 Å². The number of hydrogen-bond donors (Lipinski definition) is 2. The van der Waals surface area contributed by atoms with Crippen molar-refractivity contribution in [2.75, 3.05) is 0 Å². The molecule has 0 spiro atoms. The van der Waals surface area contributed by atoms with Crippen LogP contribution in [-0.4, -0.2) is 25.2 Å². The highest BCUT2D eigenvalue weighted by molar-refractivity contribution is 5.18. The van der Waals surface area contributed by atoms with Gasteiger partial charge in [-0.1, -0.05) is 6.07 Å². The molecule has 0 bridgehead atoms. The Balaban J connectivity index is 2.13. The molecule has 0 radical (unpaired) electrons. The highest BCUT2D eigenvalue weighted by Gasteiger charge is 2.13. The first-order valence-electron chi connectivity index (χ1n) is 5.30. The van der Waals surface area contributed by atoms with Crippen molar-refractivity contribution < 1.29 is 0 Å². The van der Waals surface area contributed by atoms with E-state index in [1.807, 2.05) is 19.1 Å². The lowest BCUT2D eigenvalue weighted by Gasteiger charge is -2.13. The Hall–Kier alpha value is -1.86. The summed E-state index contributed by atoms with van der Waals surface area (Å²) >= 11 is 0. The van der Waals surface area contributed by atoms with Gasteiger partial charge >= 0.3 is 0 Å². The van der Waals surface area contributed by atoms with E-state index < -0.39 is 0 Å². The number of hydrogen-bond acceptors (Lipinski definition) is 6. The third-order valence-corrected chi connectivity index (χ3v) is 2.47. The van der Waals surface area contributed by atoms with E-state index in [0.29, 0.717) is 12.2 Å². The molecule has 2 aromatic rings. The zero-order valence-electron chi connectivity index (χ0n) is 9.83. The smallest absolute Gasteiger partial charge is 0.176 e. The summed E-state index contributed by atoms with van der Waals surface area (Å²) in [7, 11) is 1.73. The highest BCUT2D eigenvalue weighted by atomic mass is 15.6. The fourth-order valence-electron chi connectivity index (χ4n) is 1.55. The minimum atomic E-state index is -0.0627. The van der Waals surface area contributed by atoms with Crippen LogP contribution in [0.4, 0.5) is 0 Å². The third-order valence-electron chi connectivity index (χ3n) is 2.47. The monoisotopic (exact) mass is 233 g/mol. The Morgan fingerprint density at radius 1 is 1.47 bits per heavy atom. The van der Waals surface area contributed by atoms with Crippen LogP contribution in [0.15, 0.2) is 18.3 Å². The Bertz CT molecular complexity index is 476. The van der Waals surface area contributed by atoms with Crippen molar-refractivity contribution in [1.29, 1.82) is 0 Å². The van der Waals surface area contributed by atoms with Gasteiger partial charge in [0.25, 0.3) is 0 Å². The summed E-state index contributed by atoms with van der Waals surface area (Å²) in [5.41, 5.74) is 4.72. The van der Waals surface area contributed by atoms with Gasteiger partial charge in [-0.2, -0.15) is 4.80 Å². The number of nitrogens with zero attached hydrogens (tertiary/aromatic N) is 5. The van der Waals surface area contributed by atoms with Crippen LogP contribution in [-0.2, 0) is 13.5 Å². The van der Waals surface area contributed by atoms with E-state index in [1.165, 1.54) is 4.80 Å². The van der Waals surface area contributed by atoms with Gasteiger partial charge in [-0.15, -0.1) is 10.2 Å². The largest absolute Gasteiger partial charge is 0.271 e. The maximum Gasteiger partial charge on any atom is 0.176 e. The average molecular weight is 233 g/mol. The lowest BCUT2D eigenvalue weighted by atomic mass is 10.1. The van der Waals surface area contributed by atoms with E-state index in [4.69, 9.17) is 5.84 Å². The first kappa shape index (κ1) is 11.6. The van der Waals surface area contributed by atoms with Gasteiger partial charge in [0, 0.05) is 18.3 Å². The molecule has 7 nitrogen and oxygen atoms in total. The molecule has 90 valence electrons. The Labute approximate surface area is 99.0 Å². The number of pyridine rings is 1. The minimum Gasteiger partial charge on any atom is -0.271 e. The topological polar surface area (TPSA) is 94.5 Å². The van der Waals surface area contributed by atoms with E-state index >= 15 is 0 Å². The Kier molecular flexibility index (Phi) is 3.40. The van der Waals surface area contributed by atoms with Gasteiger partial charge in [-0.05, 0) is 23.8 Å². The number of aromatic nitrogens is 5. The molecule has 2 rings (SSSR count). The molecule has 0 aliphatic heterocycles. The molecule has 7 heteroatoms.